The number of hydrogen-bond acceptors (Lipinski definition) is 2. The number of hydrogen-bond donors (Lipinski definition) is 1. The second-order valence-corrected chi connectivity index (χ2v) is 7.05. The van der Waals surface area contributed by atoms with Gasteiger partial charge in [0.15, 0.2) is 0 Å². The molecule has 0 saturated carbocycles. The van der Waals surface area contributed by atoms with E-state index in [9.17, 15) is 4.39 Å². The summed E-state index contributed by atoms with van der Waals surface area (Å²) in [6, 6.07) is 5.86. The molecule has 0 radical (unpaired) electrons. The highest BCUT2D eigenvalue weighted by atomic mass is 79.9. The van der Waals surface area contributed by atoms with E-state index < -0.39 is 6.04 Å². The molecule has 90 valence electrons. The molecule has 0 spiro atoms. The molecule has 0 saturated heterocycles. The second-order valence-electron chi connectivity index (χ2n) is 3.38. The molecule has 0 amide bonds. The summed E-state index contributed by atoms with van der Waals surface area (Å²) in [5.41, 5.74) is 6.37. The molecule has 1 aromatic heterocycles. The first-order chi connectivity index (χ1) is 8.00. The SMILES string of the molecule is NC(c1cc(Br)c(Br)s1)c1c(F)cccc1Cl. The van der Waals surface area contributed by atoms with Crippen LogP contribution in [0.5, 0.6) is 0 Å². The van der Waals surface area contributed by atoms with Crippen molar-refractivity contribution in [2.45, 2.75) is 6.04 Å². The summed E-state index contributed by atoms with van der Waals surface area (Å²) in [6.07, 6.45) is 0. The zero-order chi connectivity index (χ0) is 12.6. The van der Waals surface area contributed by atoms with Crippen LogP contribution in [0.25, 0.3) is 0 Å². The molecule has 6 heteroatoms. The lowest BCUT2D eigenvalue weighted by Crippen LogP contribution is -2.12. The molecule has 17 heavy (non-hydrogen) atoms. The smallest absolute Gasteiger partial charge is 0.129 e. The molecular formula is C11H7Br2ClFNS. The molecule has 1 nitrogen and oxygen atoms in total. The average Bonchev–Trinajstić information content (AvgIpc) is 2.59. The fourth-order valence-electron chi connectivity index (χ4n) is 1.47. The van der Waals surface area contributed by atoms with E-state index in [0.29, 0.717) is 10.6 Å². The average molecular weight is 400 g/mol. The van der Waals surface area contributed by atoms with E-state index in [1.807, 2.05) is 6.07 Å². The minimum absolute atomic E-state index is 0.329. The number of benzene rings is 1. The van der Waals surface area contributed by atoms with Crippen LogP contribution in [-0.2, 0) is 0 Å². The van der Waals surface area contributed by atoms with Crippen molar-refractivity contribution in [1.82, 2.24) is 0 Å². The summed E-state index contributed by atoms with van der Waals surface area (Å²) in [5.74, 6) is -0.384. The van der Waals surface area contributed by atoms with Gasteiger partial charge in [-0.05, 0) is 50.1 Å². The van der Waals surface area contributed by atoms with Gasteiger partial charge in [-0.25, -0.2) is 4.39 Å². The van der Waals surface area contributed by atoms with Gasteiger partial charge in [0.1, 0.15) is 5.82 Å². The van der Waals surface area contributed by atoms with Crippen molar-refractivity contribution >= 4 is 54.8 Å². The minimum Gasteiger partial charge on any atom is -0.319 e. The van der Waals surface area contributed by atoms with E-state index in [-0.39, 0.29) is 5.82 Å². The first-order valence-corrected chi connectivity index (χ1v) is 7.43. The first-order valence-electron chi connectivity index (χ1n) is 4.65. The highest BCUT2D eigenvalue weighted by molar-refractivity contribution is 9.13. The summed E-state index contributed by atoms with van der Waals surface area (Å²) >= 11 is 14.2. The van der Waals surface area contributed by atoms with Gasteiger partial charge < -0.3 is 5.73 Å². The van der Waals surface area contributed by atoms with Gasteiger partial charge in [0.05, 0.1) is 9.83 Å². The van der Waals surface area contributed by atoms with E-state index in [1.54, 1.807) is 12.1 Å². The molecule has 1 aromatic carbocycles. The summed E-state index contributed by atoms with van der Waals surface area (Å²) in [4.78, 5) is 0.843. The van der Waals surface area contributed by atoms with Gasteiger partial charge in [-0.2, -0.15) is 0 Å². The monoisotopic (exact) mass is 397 g/mol. The van der Waals surface area contributed by atoms with E-state index in [2.05, 4.69) is 31.9 Å². The van der Waals surface area contributed by atoms with Gasteiger partial charge in [-0.3, -0.25) is 0 Å². The molecule has 1 atom stereocenters. The van der Waals surface area contributed by atoms with Gasteiger partial charge in [-0.15, -0.1) is 11.3 Å². The Labute approximate surface area is 124 Å². The molecule has 0 aliphatic rings. The molecule has 1 unspecified atom stereocenters. The fraction of sp³-hybridized carbons (Fsp3) is 0.0909. The van der Waals surface area contributed by atoms with Crippen LogP contribution < -0.4 is 5.73 Å². The highest BCUT2D eigenvalue weighted by Crippen LogP contribution is 2.38. The lowest BCUT2D eigenvalue weighted by molar-refractivity contribution is 0.601. The molecule has 0 aliphatic heterocycles. The van der Waals surface area contributed by atoms with Crippen LogP contribution in [-0.4, -0.2) is 0 Å². The summed E-state index contributed by atoms with van der Waals surface area (Å²) in [6.45, 7) is 0. The standard InChI is InChI=1S/C11H7Br2ClFNS/c12-5-4-8(17-11(5)13)10(16)9-6(14)2-1-3-7(9)15/h1-4,10H,16H2. The maximum absolute atomic E-state index is 13.7. The lowest BCUT2D eigenvalue weighted by Gasteiger charge is -2.12. The van der Waals surface area contributed by atoms with Crippen LogP contribution in [0.2, 0.25) is 5.02 Å². The predicted octanol–water partition coefficient (Wildman–Crippen LogP) is 5.11. The maximum Gasteiger partial charge on any atom is 0.129 e. The summed E-state index contributed by atoms with van der Waals surface area (Å²) < 4.78 is 15.5. The third-order valence-electron chi connectivity index (χ3n) is 2.28. The Kier molecular flexibility index (Phi) is 4.26. The van der Waals surface area contributed by atoms with E-state index in [1.165, 1.54) is 17.4 Å². The van der Waals surface area contributed by atoms with Gasteiger partial charge in [-0.1, -0.05) is 17.7 Å². The minimum atomic E-state index is -0.559. The zero-order valence-corrected chi connectivity index (χ0v) is 13.1. The molecule has 0 bridgehead atoms. The van der Waals surface area contributed by atoms with Crippen LogP contribution in [0.15, 0.2) is 32.5 Å². The molecule has 2 aromatic rings. The van der Waals surface area contributed by atoms with Crippen LogP contribution in [0.1, 0.15) is 16.5 Å². The van der Waals surface area contributed by atoms with Gasteiger partial charge >= 0.3 is 0 Å². The zero-order valence-electron chi connectivity index (χ0n) is 8.38. The quantitative estimate of drug-likeness (QED) is 0.746. The highest BCUT2D eigenvalue weighted by Gasteiger charge is 2.19. The molecule has 2 rings (SSSR count). The normalized spacial score (nSPS) is 12.8. The van der Waals surface area contributed by atoms with Gasteiger partial charge in [0.25, 0.3) is 0 Å². The van der Waals surface area contributed by atoms with E-state index in [0.717, 1.165) is 13.1 Å². The van der Waals surface area contributed by atoms with Crippen molar-refractivity contribution in [3.05, 3.63) is 53.8 Å². The lowest BCUT2D eigenvalue weighted by atomic mass is 10.1. The van der Waals surface area contributed by atoms with Crippen molar-refractivity contribution in [1.29, 1.82) is 0 Å². The van der Waals surface area contributed by atoms with Crippen molar-refractivity contribution in [3.63, 3.8) is 0 Å². The number of rotatable bonds is 2. The number of thiophene rings is 1. The first kappa shape index (κ1) is 13.5. The van der Waals surface area contributed by atoms with Crippen molar-refractivity contribution in [3.8, 4) is 0 Å². The van der Waals surface area contributed by atoms with Crippen LogP contribution in [0.3, 0.4) is 0 Å². The Morgan fingerprint density at radius 3 is 2.59 bits per heavy atom. The van der Waals surface area contributed by atoms with Crippen LogP contribution >= 0.6 is 54.8 Å². The second kappa shape index (κ2) is 5.36. The van der Waals surface area contributed by atoms with Gasteiger partial charge in [0, 0.05) is 19.9 Å². The Balaban J connectivity index is 2.47. The molecule has 2 N–H and O–H groups in total. The summed E-state index contributed by atoms with van der Waals surface area (Å²) in [5, 5.41) is 0.346. The number of nitrogens with two attached hydrogens (primary N) is 1. The predicted molar refractivity (Wildman–Crippen MR) is 77.2 cm³/mol. The fourth-order valence-corrected chi connectivity index (χ4v) is 3.85. The molecule has 0 aliphatic carbocycles. The van der Waals surface area contributed by atoms with Crippen molar-refractivity contribution in [2.24, 2.45) is 5.73 Å². The number of halogens is 4. The molecule has 0 fully saturated rings. The topological polar surface area (TPSA) is 26.0 Å². The Bertz CT molecular complexity index is 519. The third-order valence-corrected chi connectivity index (χ3v) is 5.95. The Morgan fingerprint density at radius 1 is 1.35 bits per heavy atom. The summed E-state index contributed by atoms with van der Waals surface area (Å²) in [7, 11) is 0. The van der Waals surface area contributed by atoms with Crippen molar-refractivity contribution in [2.75, 3.05) is 0 Å². The van der Waals surface area contributed by atoms with Crippen LogP contribution in [0, 0.1) is 5.82 Å². The Hall–Kier alpha value is 0.0600. The molecule has 1 heterocycles. The Morgan fingerprint density at radius 2 is 2.06 bits per heavy atom. The van der Waals surface area contributed by atoms with Gasteiger partial charge in [0.2, 0.25) is 0 Å². The van der Waals surface area contributed by atoms with E-state index in [4.69, 9.17) is 17.3 Å². The van der Waals surface area contributed by atoms with E-state index >= 15 is 0 Å². The maximum atomic E-state index is 13.7. The van der Waals surface area contributed by atoms with Crippen molar-refractivity contribution < 1.29 is 4.39 Å². The molecular weight excluding hydrogens is 392 g/mol. The third kappa shape index (κ3) is 2.74. The largest absolute Gasteiger partial charge is 0.319 e. The van der Waals surface area contributed by atoms with Crippen LogP contribution in [0.4, 0.5) is 4.39 Å².